The van der Waals surface area contributed by atoms with Gasteiger partial charge in [0.2, 0.25) is 5.91 Å². The molecule has 0 radical (unpaired) electrons. The molecule has 0 saturated heterocycles. The SMILES string of the molecule is CC(C)NC(=O)CNC(=O)c1cc2c(s1)-c1ccccc1CC2. The zero-order chi connectivity index (χ0) is 16.4. The van der Waals surface area contributed by atoms with E-state index in [2.05, 4.69) is 28.8 Å². The van der Waals surface area contributed by atoms with Gasteiger partial charge in [0.15, 0.2) is 0 Å². The van der Waals surface area contributed by atoms with Gasteiger partial charge in [-0.25, -0.2) is 0 Å². The van der Waals surface area contributed by atoms with Crippen molar-refractivity contribution < 1.29 is 9.59 Å². The van der Waals surface area contributed by atoms with Gasteiger partial charge in [-0.05, 0) is 49.4 Å². The van der Waals surface area contributed by atoms with E-state index in [9.17, 15) is 9.59 Å². The van der Waals surface area contributed by atoms with E-state index < -0.39 is 0 Å². The van der Waals surface area contributed by atoms with Gasteiger partial charge in [0.1, 0.15) is 0 Å². The number of fused-ring (bicyclic) bond motifs is 3. The van der Waals surface area contributed by atoms with Crippen LogP contribution < -0.4 is 10.6 Å². The van der Waals surface area contributed by atoms with E-state index in [0.717, 1.165) is 12.8 Å². The van der Waals surface area contributed by atoms with Crippen molar-refractivity contribution in [2.24, 2.45) is 0 Å². The molecule has 0 bridgehead atoms. The molecule has 3 rings (SSSR count). The van der Waals surface area contributed by atoms with E-state index in [0.29, 0.717) is 4.88 Å². The molecule has 1 aromatic carbocycles. The van der Waals surface area contributed by atoms with Gasteiger partial charge in [-0.15, -0.1) is 11.3 Å². The second kappa shape index (κ2) is 6.54. The molecule has 0 atom stereocenters. The van der Waals surface area contributed by atoms with Crippen LogP contribution in [0.1, 0.15) is 34.6 Å². The number of hydrogen-bond donors (Lipinski definition) is 2. The first-order chi connectivity index (χ1) is 11.0. The molecular weight excluding hydrogens is 308 g/mol. The Balaban J connectivity index is 1.72. The van der Waals surface area contributed by atoms with Crippen molar-refractivity contribution in [3.8, 4) is 10.4 Å². The monoisotopic (exact) mass is 328 g/mol. The molecule has 0 unspecified atom stereocenters. The lowest BCUT2D eigenvalue weighted by Gasteiger charge is -2.15. The number of rotatable bonds is 4. The Labute approximate surface area is 139 Å². The predicted octanol–water partition coefficient (Wildman–Crippen LogP) is 2.77. The summed E-state index contributed by atoms with van der Waals surface area (Å²) in [5.74, 6) is -0.346. The van der Waals surface area contributed by atoms with Gasteiger partial charge in [-0.1, -0.05) is 24.3 Å². The van der Waals surface area contributed by atoms with E-state index in [1.54, 1.807) is 0 Å². The fraction of sp³-hybridized carbons (Fsp3) is 0.333. The maximum atomic E-state index is 12.3. The Hall–Kier alpha value is -2.14. The summed E-state index contributed by atoms with van der Waals surface area (Å²) in [4.78, 5) is 25.8. The summed E-state index contributed by atoms with van der Waals surface area (Å²) >= 11 is 1.51. The van der Waals surface area contributed by atoms with E-state index >= 15 is 0 Å². The molecule has 1 aromatic heterocycles. The molecule has 0 aliphatic heterocycles. The number of benzene rings is 1. The second-order valence-electron chi connectivity index (χ2n) is 6.03. The predicted molar refractivity (Wildman–Crippen MR) is 92.8 cm³/mol. The van der Waals surface area contributed by atoms with Crippen LogP contribution in [-0.4, -0.2) is 24.4 Å². The van der Waals surface area contributed by atoms with Crippen LogP contribution in [0, 0.1) is 0 Å². The van der Waals surface area contributed by atoms with Crippen molar-refractivity contribution in [1.82, 2.24) is 10.6 Å². The number of amides is 2. The molecular formula is C18H20N2O2S. The zero-order valence-corrected chi connectivity index (χ0v) is 14.1. The lowest BCUT2D eigenvalue weighted by molar-refractivity contribution is -0.120. The van der Waals surface area contributed by atoms with Crippen LogP contribution in [0.5, 0.6) is 0 Å². The number of hydrogen-bond acceptors (Lipinski definition) is 3. The summed E-state index contributed by atoms with van der Waals surface area (Å²) in [6.45, 7) is 3.80. The van der Waals surface area contributed by atoms with Crippen molar-refractivity contribution in [3.63, 3.8) is 0 Å². The third-order valence-corrected chi connectivity index (χ3v) is 5.03. The quantitative estimate of drug-likeness (QED) is 0.907. The normalized spacial score (nSPS) is 12.5. The molecule has 2 N–H and O–H groups in total. The van der Waals surface area contributed by atoms with E-state index in [-0.39, 0.29) is 24.4 Å². The number of thiophene rings is 1. The van der Waals surface area contributed by atoms with Crippen LogP contribution in [0.3, 0.4) is 0 Å². The number of aryl methyl sites for hydroxylation is 2. The fourth-order valence-electron chi connectivity index (χ4n) is 2.80. The molecule has 23 heavy (non-hydrogen) atoms. The minimum Gasteiger partial charge on any atom is -0.352 e. The van der Waals surface area contributed by atoms with Gasteiger partial charge in [0, 0.05) is 10.9 Å². The molecule has 1 heterocycles. The Bertz CT molecular complexity index is 749. The van der Waals surface area contributed by atoms with Gasteiger partial charge in [0.25, 0.3) is 5.91 Å². The van der Waals surface area contributed by atoms with Crippen molar-refractivity contribution in [2.45, 2.75) is 32.7 Å². The fourth-order valence-corrected chi connectivity index (χ4v) is 3.99. The first-order valence-electron chi connectivity index (χ1n) is 7.83. The zero-order valence-electron chi connectivity index (χ0n) is 13.3. The van der Waals surface area contributed by atoms with E-state index in [1.807, 2.05) is 26.0 Å². The summed E-state index contributed by atoms with van der Waals surface area (Å²) in [5.41, 5.74) is 3.80. The molecule has 2 amide bonds. The molecule has 2 aromatic rings. The van der Waals surface area contributed by atoms with Crippen molar-refractivity contribution in [1.29, 1.82) is 0 Å². The van der Waals surface area contributed by atoms with Crippen molar-refractivity contribution in [2.75, 3.05) is 6.54 Å². The average Bonchev–Trinajstić information content (AvgIpc) is 2.96. The molecule has 0 spiro atoms. The highest BCUT2D eigenvalue weighted by Gasteiger charge is 2.21. The highest BCUT2D eigenvalue weighted by molar-refractivity contribution is 7.17. The number of carbonyl (C=O) groups excluding carboxylic acids is 2. The van der Waals surface area contributed by atoms with Crippen molar-refractivity contribution in [3.05, 3.63) is 46.3 Å². The Kier molecular flexibility index (Phi) is 4.48. The largest absolute Gasteiger partial charge is 0.352 e. The molecule has 1 aliphatic carbocycles. The Morgan fingerprint density at radius 2 is 1.91 bits per heavy atom. The Morgan fingerprint density at radius 1 is 1.17 bits per heavy atom. The van der Waals surface area contributed by atoms with Crippen LogP contribution in [-0.2, 0) is 17.6 Å². The first kappa shape index (κ1) is 15.7. The third-order valence-electron chi connectivity index (χ3n) is 3.82. The van der Waals surface area contributed by atoms with Crippen molar-refractivity contribution >= 4 is 23.2 Å². The van der Waals surface area contributed by atoms with Crippen LogP contribution in [0.4, 0.5) is 0 Å². The molecule has 4 nitrogen and oxygen atoms in total. The van der Waals surface area contributed by atoms with E-state index in [4.69, 9.17) is 0 Å². The van der Waals surface area contributed by atoms with Crippen LogP contribution in [0.2, 0.25) is 0 Å². The van der Waals surface area contributed by atoms with Gasteiger partial charge in [-0.3, -0.25) is 9.59 Å². The average molecular weight is 328 g/mol. The number of nitrogens with one attached hydrogen (secondary N) is 2. The van der Waals surface area contributed by atoms with Gasteiger partial charge in [0.05, 0.1) is 11.4 Å². The van der Waals surface area contributed by atoms with E-state index in [1.165, 1.54) is 32.9 Å². The summed E-state index contributed by atoms with van der Waals surface area (Å²) < 4.78 is 0. The number of carbonyl (C=O) groups is 2. The van der Waals surface area contributed by atoms with Gasteiger partial charge < -0.3 is 10.6 Å². The maximum absolute atomic E-state index is 12.3. The standard InChI is InChI=1S/C18H20N2O2S/c1-11(2)20-16(21)10-19-18(22)15-9-13-8-7-12-5-3-4-6-14(12)17(13)23-15/h3-6,9,11H,7-8,10H2,1-2H3,(H,19,22)(H,20,21). The summed E-state index contributed by atoms with van der Waals surface area (Å²) in [6, 6.07) is 10.4. The molecule has 0 fully saturated rings. The smallest absolute Gasteiger partial charge is 0.261 e. The highest BCUT2D eigenvalue weighted by Crippen LogP contribution is 2.39. The maximum Gasteiger partial charge on any atom is 0.261 e. The lowest BCUT2D eigenvalue weighted by atomic mass is 9.91. The first-order valence-corrected chi connectivity index (χ1v) is 8.65. The summed E-state index contributed by atoms with van der Waals surface area (Å²) in [5, 5.41) is 5.46. The van der Waals surface area contributed by atoms with Crippen LogP contribution in [0.25, 0.3) is 10.4 Å². The van der Waals surface area contributed by atoms with Gasteiger partial charge >= 0.3 is 0 Å². The summed E-state index contributed by atoms with van der Waals surface area (Å²) in [7, 11) is 0. The Morgan fingerprint density at radius 3 is 2.70 bits per heavy atom. The molecule has 5 heteroatoms. The molecule has 1 aliphatic rings. The molecule has 0 saturated carbocycles. The van der Waals surface area contributed by atoms with Gasteiger partial charge in [-0.2, -0.15) is 0 Å². The molecule has 120 valence electrons. The van der Waals surface area contributed by atoms with Crippen LogP contribution in [0.15, 0.2) is 30.3 Å². The minimum absolute atomic E-state index is 0.0101. The second-order valence-corrected chi connectivity index (χ2v) is 7.08. The lowest BCUT2D eigenvalue weighted by Crippen LogP contribution is -2.39. The summed E-state index contributed by atoms with van der Waals surface area (Å²) in [6.07, 6.45) is 1.97. The third kappa shape index (κ3) is 3.45. The van der Waals surface area contributed by atoms with Crippen LogP contribution >= 0.6 is 11.3 Å². The minimum atomic E-state index is -0.180. The topological polar surface area (TPSA) is 58.2 Å². The highest BCUT2D eigenvalue weighted by atomic mass is 32.1.